The van der Waals surface area contributed by atoms with Crippen molar-refractivity contribution in [3.63, 3.8) is 0 Å². The van der Waals surface area contributed by atoms with Gasteiger partial charge in [-0.1, -0.05) is 19.4 Å². The van der Waals surface area contributed by atoms with Crippen LogP contribution in [0.4, 0.5) is 0 Å². The molecule has 0 spiro atoms. The molecule has 1 heterocycles. The zero-order valence-corrected chi connectivity index (χ0v) is 18.1. The van der Waals surface area contributed by atoms with Crippen LogP contribution < -0.4 is 0 Å². The molecule has 29 heavy (non-hydrogen) atoms. The zero-order chi connectivity index (χ0) is 20.6. The van der Waals surface area contributed by atoms with Crippen LogP contribution in [-0.4, -0.2) is 21.3 Å². The molecule has 0 aromatic carbocycles. The fourth-order valence-electron chi connectivity index (χ4n) is 7.31. The predicted molar refractivity (Wildman–Crippen MR) is 113 cm³/mol. The van der Waals surface area contributed by atoms with Gasteiger partial charge in [0.1, 0.15) is 0 Å². The highest BCUT2D eigenvalue weighted by atomic mass is 16.1. The third kappa shape index (κ3) is 2.67. The molecule has 3 saturated carbocycles. The first-order chi connectivity index (χ1) is 13.7. The number of carbonyl (C=O) groups is 2. The van der Waals surface area contributed by atoms with E-state index in [0.29, 0.717) is 35.7 Å². The number of carbonyl (C=O) groups excluding carboxylic acids is 2. The predicted octanol–water partition coefficient (Wildman–Crippen LogP) is 4.82. The number of allylic oxidation sites excluding steroid dienone is 2. The molecule has 0 unspecified atom stereocenters. The molecule has 0 N–H and O–H groups in total. The summed E-state index contributed by atoms with van der Waals surface area (Å²) in [5, 5.41) is 4.44. The lowest BCUT2D eigenvalue weighted by molar-refractivity contribution is -0.130. The lowest BCUT2D eigenvalue weighted by Gasteiger charge is -2.56. The molecule has 154 valence electrons. The van der Waals surface area contributed by atoms with Gasteiger partial charge in [-0.25, -0.2) is 0 Å². The number of aryl methyl sites for hydroxylation is 2. The Kier molecular flexibility index (Phi) is 4.11. The molecule has 3 fully saturated rings. The van der Waals surface area contributed by atoms with Gasteiger partial charge >= 0.3 is 0 Å². The normalized spacial score (nSPS) is 40.5. The molecule has 0 bridgehead atoms. The Morgan fingerprint density at radius 1 is 1.10 bits per heavy atom. The molecule has 0 radical (unpaired) electrons. The molecule has 5 rings (SSSR count). The lowest BCUT2D eigenvalue weighted by Crippen LogP contribution is -2.50. The molecular weight excluding hydrogens is 360 g/mol. The third-order valence-electron chi connectivity index (χ3n) is 8.98. The van der Waals surface area contributed by atoms with Crippen LogP contribution >= 0.6 is 0 Å². The van der Waals surface area contributed by atoms with Crippen molar-refractivity contribution in [2.24, 2.45) is 35.6 Å². The lowest BCUT2D eigenvalue weighted by atomic mass is 9.47. The quantitative estimate of drug-likeness (QED) is 0.644. The number of fused-ring (bicyclic) bond motifs is 5. The average molecular weight is 393 g/mol. The fraction of sp³-hybridized carbons (Fsp3) is 0.640. The maximum absolute atomic E-state index is 13.5. The van der Waals surface area contributed by atoms with Crippen LogP contribution in [0, 0.1) is 35.5 Å². The summed E-state index contributed by atoms with van der Waals surface area (Å²) < 4.78 is 1.83. The van der Waals surface area contributed by atoms with Crippen molar-refractivity contribution in [1.82, 2.24) is 9.78 Å². The third-order valence-corrected chi connectivity index (χ3v) is 8.98. The molecule has 4 heteroatoms. The van der Waals surface area contributed by atoms with Gasteiger partial charge in [0.05, 0.1) is 5.69 Å². The molecule has 0 saturated heterocycles. The summed E-state index contributed by atoms with van der Waals surface area (Å²) in [4.78, 5) is 25.5. The van der Waals surface area contributed by atoms with Crippen LogP contribution in [0.1, 0.15) is 70.1 Å². The molecular formula is C25H32N2O2. The largest absolute Gasteiger partial charge is 0.295 e. The molecule has 1 aromatic rings. The minimum absolute atomic E-state index is 0.160. The van der Waals surface area contributed by atoms with Crippen molar-refractivity contribution in [2.45, 2.75) is 65.7 Å². The van der Waals surface area contributed by atoms with Crippen LogP contribution in [0.3, 0.4) is 0 Å². The smallest absolute Gasteiger partial charge is 0.165 e. The Morgan fingerprint density at radius 2 is 1.90 bits per heavy atom. The Bertz CT molecular complexity index is 967. The summed E-state index contributed by atoms with van der Waals surface area (Å²) >= 11 is 0. The van der Waals surface area contributed by atoms with Crippen molar-refractivity contribution in [2.75, 3.05) is 0 Å². The number of ketones is 2. The highest BCUT2D eigenvalue weighted by Gasteiger charge is 2.60. The first-order valence-electron chi connectivity index (χ1n) is 11.2. The average Bonchev–Trinajstić information content (AvgIpc) is 3.12. The second kappa shape index (κ2) is 6.26. The Balaban J connectivity index is 1.49. The van der Waals surface area contributed by atoms with E-state index in [1.165, 1.54) is 5.57 Å². The number of hydrogen-bond acceptors (Lipinski definition) is 3. The molecule has 1 aromatic heterocycles. The Hall–Kier alpha value is -1.97. The van der Waals surface area contributed by atoms with Gasteiger partial charge in [-0.3, -0.25) is 14.3 Å². The topological polar surface area (TPSA) is 52.0 Å². The van der Waals surface area contributed by atoms with Gasteiger partial charge in [-0.2, -0.15) is 5.10 Å². The number of hydrogen-bond donors (Lipinski definition) is 0. The molecule has 4 aliphatic rings. The van der Waals surface area contributed by atoms with E-state index in [9.17, 15) is 9.59 Å². The summed E-state index contributed by atoms with van der Waals surface area (Å²) in [5.41, 5.74) is 4.39. The minimum atomic E-state index is -0.217. The monoisotopic (exact) mass is 392 g/mol. The van der Waals surface area contributed by atoms with Gasteiger partial charge in [-0.15, -0.1) is 0 Å². The number of Topliss-reactive ketones (excluding diaryl/α,β-unsaturated/α-hetero) is 1. The SMILES string of the molecule is Cc1nn(C)cc1/C=C1\C[C@H]2[C@@H]3CCC4=CC(=O)CC[C@]4(C)[C@H]3CC[C@]2(C)C1=O. The van der Waals surface area contributed by atoms with E-state index in [-0.39, 0.29) is 10.8 Å². The zero-order valence-electron chi connectivity index (χ0n) is 18.1. The van der Waals surface area contributed by atoms with E-state index in [1.54, 1.807) is 0 Å². The maximum Gasteiger partial charge on any atom is 0.165 e. The first kappa shape index (κ1) is 19.0. The van der Waals surface area contributed by atoms with E-state index in [1.807, 2.05) is 30.9 Å². The fourth-order valence-corrected chi connectivity index (χ4v) is 7.31. The summed E-state index contributed by atoms with van der Waals surface area (Å²) in [7, 11) is 1.93. The van der Waals surface area contributed by atoms with E-state index >= 15 is 0 Å². The van der Waals surface area contributed by atoms with Crippen molar-refractivity contribution in [3.05, 3.63) is 34.7 Å². The van der Waals surface area contributed by atoms with Gasteiger partial charge in [0.2, 0.25) is 0 Å². The van der Waals surface area contributed by atoms with Crippen molar-refractivity contribution >= 4 is 17.6 Å². The van der Waals surface area contributed by atoms with Gasteiger partial charge in [0, 0.05) is 30.6 Å². The van der Waals surface area contributed by atoms with Crippen LogP contribution in [0.2, 0.25) is 0 Å². The molecule has 0 aliphatic heterocycles. The van der Waals surface area contributed by atoms with Gasteiger partial charge < -0.3 is 0 Å². The van der Waals surface area contributed by atoms with Gasteiger partial charge in [-0.05, 0) is 86.3 Å². The van der Waals surface area contributed by atoms with E-state index in [4.69, 9.17) is 0 Å². The first-order valence-corrected chi connectivity index (χ1v) is 11.2. The maximum atomic E-state index is 13.5. The van der Waals surface area contributed by atoms with E-state index in [2.05, 4.69) is 25.0 Å². The summed E-state index contributed by atoms with van der Waals surface area (Å²) in [6.07, 6.45) is 12.9. The van der Waals surface area contributed by atoms with Crippen LogP contribution in [0.15, 0.2) is 23.4 Å². The number of aromatic nitrogens is 2. The second-order valence-electron chi connectivity index (χ2n) is 10.5. The van der Waals surface area contributed by atoms with Crippen LogP contribution in [0.25, 0.3) is 6.08 Å². The van der Waals surface area contributed by atoms with Gasteiger partial charge in [0.25, 0.3) is 0 Å². The Labute approximate surface area is 173 Å². The summed E-state index contributed by atoms with van der Waals surface area (Å²) in [6, 6.07) is 0. The Morgan fingerprint density at radius 3 is 2.62 bits per heavy atom. The highest BCUT2D eigenvalue weighted by molar-refractivity contribution is 6.06. The molecule has 0 amide bonds. The van der Waals surface area contributed by atoms with Crippen molar-refractivity contribution < 1.29 is 9.59 Å². The molecule has 4 aliphatic carbocycles. The van der Waals surface area contributed by atoms with Crippen LogP contribution in [-0.2, 0) is 16.6 Å². The van der Waals surface area contributed by atoms with Crippen molar-refractivity contribution in [1.29, 1.82) is 0 Å². The minimum Gasteiger partial charge on any atom is -0.295 e. The van der Waals surface area contributed by atoms with Crippen LogP contribution in [0.5, 0.6) is 0 Å². The molecule has 5 atom stereocenters. The standard InChI is InChI=1S/C25H32N2O2/c1-15-17(14-27(4)26-15)11-16-12-22-20-6-5-18-13-19(28)7-9-24(18,2)21(20)8-10-25(22,3)23(16)29/h11,13-14,20-22H,5-10,12H2,1-4H3/b16-11+/t20-,21+,22+,24+,25+/m1/s1. The number of nitrogens with zero attached hydrogens (tertiary/aromatic N) is 2. The van der Waals surface area contributed by atoms with E-state index < -0.39 is 0 Å². The van der Waals surface area contributed by atoms with Gasteiger partial charge in [0.15, 0.2) is 11.6 Å². The summed E-state index contributed by atoms with van der Waals surface area (Å²) in [5.74, 6) is 2.32. The highest BCUT2D eigenvalue weighted by Crippen LogP contribution is 2.65. The molecule has 4 nitrogen and oxygen atoms in total. The van der Waals surface area contributed by atoms with Crippen molar-refractivity contribution in [3.8, 4) is 0 Å². The number of rotatable bonds is 1. The summed E-state index contributed by atoms with van der Waals surface area (Å²) in [6.45, 7) is 6.64. The second-order valence-corrected chi connectivity index (χ2v) is 10.5. The van der Waals surface area contributed by atoms with E-state index in [0.717, 1.165) is 55.4 Å².